The molecule has 0 radical (unpaired) electrons. The van der Waals surface area contributed by atoms with E-state index >= 15 is 0 Å². The first-order valence-corrected chi connectivity index (χ1v) is 7.38. The van der Waals surface area contributed by atoms with Crippen molar-refractivity contribution in [2.45, 2.75) is 32.8 Å². The van der Waals surface area contributed by atoms with Gasteiger partial charge in [-0.3, -0.25) is 4.79 Å². The Morgan fingerprint density at radius 3 is 2.95 bits per heavy atom. The first kappa shape index (κ1) is 15.7. The minimum absolute atomic E-state index is 0.0675. The smallest absolute Gasteiger partial charge is 0.246 e. The number of hydrogen-bond acceptors (Lipinski definition) is 2. The fourth-order valence-corrected chi connectivity index (χ4v) is 2.70. The summed E-state index contributed by atoms with van der Waals surface area (Å²) in [4.78, 5) is 14.1. The van der Waals surface area contributed by atoms with E-state index in [1.807, 2.05) is 6.92 Å². The molecule has 1 N–H and O–H groups in total. The molecule has 21 heavy (non-hydrogen) atoms. The second kappa shape index (κ2) is 6.85. The molecule has 1 fully saturated rings. The SMILES string of the molecule is C/C(=C\C(=O)N1CCCC(C(C)O)C1)c1cccc(F)c1. The van der Waals surface area contributed by atoms with Crippen LogP contribution in [0, 0.1) is 11.7 Å². The van der Waals surface area contributed by atoms with Crippen LogP contribution in [0.25, 0.3) is 5.57 Å². The van der Waals surface area contributed by atoms with Crippen molar-refractivity contribution < 1.29 is 14.3 Å². The van der Waals surface area contributed by atoms with Crippen LogP contribution in [0.3, 0.4) is 0 Å². The first-order chi connectivity index (χ1) is 9.97. The number of aliphatic hydroxyl groups excluding tert-OH is 1. The number of halogens is 1. The van der Waals surface area contributed by atoms with Crippen molar-refractivity contribution in [2.75, 3.05) is 13.1 Å². The van der Waals surface area contributed by atoms with E-state index in [1.54, 1.807) is 30.0 Å². The number of nitrogens with zero attached hydrogens (tertiary/aromatic N) is 1. The molecule has 1 aliphatic heterocycles. The monoisotopic (exact) mass is 291 g/mol. The third-order valence-corrected chi connectivity index (χ3v) is 4.07. The molecule has 0 spiro atoms. The zero-order valence-corrected chi connectivity index (χ0v) is 12.6. The van der Waals surface area contributed by atoms with Gasteiger partial charge < -0.3 is 10.0 Å². The van der Waals surface area contributed by atoms with Crippen LogP contribution in [0.2, 0.25) is 0 Å². The second-order valence-corrected chi connectivity index (χ2v) is 5.76. The summed E-state index contributed by atoms with van der Waals surface area (Å²) >= 11 is 0. The zero-order valence-electron chi connectivity index (χ0n) is 12.6. The van der Waals surface area contributed by atoms with Crippen LogP contribution in [-0.2, 0) is 4.79 Å². The van der Waals surface area contributed by atoms with Crippen LogP contribution in [0.1, 0.15) is 32.3 Å². The molecule has 3 nitrogen and oxygen atoms in total. The molecule has 4 heteroatoms. The molecule has 1 saturated heterocycles. The summed E-state index contributed by atoms with van der Waals surface area (Å²) in [6, 6.07) is 6.23. The Hall–Kier alpha value is -1.68. The minimum Gasteiger partial charge on any atom is -0.393 e. The molecule has 0 aliphatic carbocycles. The van der Waals surface area contributed by atoms with E-state index in [9.17, 15) is 14.3 Å². The molecular formula is C17H22FNO2. The lowest BCUT2D eigenvalue weighted by atomic mass is 9.93. The number of allylic oxidation sites excluding steroid dienone is 1. The van der Waals surface area contributed by atoms with E-state index in [1.165, 1.54) is 12.1 Å². The van der Waals surface area contributed by atoms with Crippen LogP contribution in [0.4, 0.5) is 4.39 Å². The van der Waals surface area contributed by atoms with E-state index in [-0.39, 0.29) is 17.6 Å². The fourth-order valence-electron chi connectivity index (χ4n) is 2.70. The zero-order chi connectivity index (χ0) is 15.4. The van der Waals surface area contributed by atoms with Gasteiger partial charge in [0, 0.05) is 25.1 Å². The Bertz CT molecular complexity index is 539. The highest BCUT2D eigenvalue weighted by Crippen LogP contribution is 2.21. The minimum atomic E-state index is -0.395. The van der Waals surface area contributed by atoms with Gasteiger partial charge in [-0.15, -0.1) is 0 Å². The Labute approximate surface area is 125 Å². The number of piperidine rings is 1. The molecule has 2 atom stereocenters. The van der Waals surface area contributed by atoms with Gasteiger partial charge in [0.15, 0.2) is 0 Å². The fraction of sp³-hybridized carbons (Fsp3) is 0.471. The molecule has 114 valence electrons. The number of rotatable bonds is 3. The molecule has 1 heterocycles. The Balaban J connectivity index is 2.07. The largest absolute Gasteiger partial charge is 0.393 e. The number of hydrogen-bond donors (Lipinski definition) is 1. The highest BCUT2D eigenvalue weighted by atomic mass is 19.1. The molecule has 0 saturated carbocycles. The standard InChI is InChI=1S/C17H22FNO2/c1-12(14-5-3-7-16(18)10-14)9-17(21)19-8-4-6-15(11-19)13(2)20/h3,5,7,9-10,13,15,20H,4,6,8,11H2,1-2H3/b12-9+. The normalized spacial score (nSPS) is 21.2. The second-order valence-electron chi connectivity index (χ2n) is 5.76. The summed E-state index contributed by atoms with van der Waals surface area (Å²) in [5.74, 6) is -0.229. The quantitative estimate of drug-likeness (QED) is 0.870. The Morgan fingerprint density at radius 2 is 2.29 bits per heavy atom. The Kier molecular flexibility index (Phi) is 5.12. The third-order valence-electron chi connectivity index (χ3n) is 4.07. The van der Waals surface area contributed by atoms with Crippen molar-refractivity contribution in [3.05, 3.63) is 41.7 Å². The average Bonchev–Trinajstić information content (AvgIpc) is 2.47. The highest BCUT2D eigenvalue weighted by molar-refractivity contribution is 5.94. The maximum absolute atomic E-state index is 13.2. The summed E-state index contributed by atoms with van der Waals surface area (Å²) in [5, 5.41) is 9.67. The van der Waals surface area contributed by atoms with Crippen molar-refractivity contribution in [1.29, 1.82) is 0 Å². The number of amides is 1. The number of benzene rings is 1. The lowest BCUT2D eigenvalue weighted by Crippen LogP contribution is -2.42. The summed E-state index contributed by atoms with van der Waals surface area (Å²) in [5.41, 5.74) is 1.46. The van der Waals surface area contributed by atoms with Gasteiger partial charge in [-0.2, -0.15) is 0 Å². The highest BCUT2D eigenvalue weighted by Gasteiger charge is 2.25. The van der Waals surface area contributed by atoms with E-state index in [0.29, 0.717) is 12.1 Å². The molecule has 1 amide bonds. The molecule has 1 aliphatic rings. The summed E-state index contributed by atoms with van der Waals surface area (Å²) in [7, 11) is 0. The molecule has 2 unspecified atom stereocenters. The van der Waals surface area contributed by atoms with Crippen molar-refractivity contribution in [3.63, 3.8) is 0 Å². The number of aliphatic hydroxyl groups is 1. The van der Waals surface area contributed by atoms with Gasteiger partial charge in [0.05, 0.1) is 6.10 Å². The van der Waals surface area contributed by atoms with E-state index in [0.717, 1.165) is 25.0 Å². The number of carbonyl (C=O) groups is 1. The molecule has 0 bridgehead atoms. The van der Waals surface area contributed by atoms with E-state index in [4.69, 9.17) is 0 Å². The van der Waals surface area contributed by atoms with E-state index < -0.39 is 6.10 Å². The molecule has 2 rings (SSSR count). The average molecular weight is 291 g/mol. The topological polar surface area (TPSA) is 40.5 Å². The third kappa shape index (κ3) is 4.14. The lowest BCUT2D eigenvalue weighted by molar-refractivity contribution is -0.128. The van der Waals surface area contributed by atoms with Gasteiger partial charge in [-0.25, -0.2) is 4.39 Å². The molecular weight excluding hydrogens is 269 g/mol. The van der Waals surface area contributed by atoms with E-state index in [2.05, 4.69) is 0 Å². The van der Waals surface area contributed by atoms with Gasteiger partial charge in [-0.05, 0) is 50.0 Å². The summed E-state index contributed by atoms with van der Waals surface area (Å²) < 4.78 is 13.2. The molecule has 1 aromatic carbocycles. The summed E-state index contributed by atoms with van der Waals surface area (Å²) in [6.07, 6.45) is 3.02. The van der Waals surface area contributed by atoms with Gasteiger partial charge in [0.25, 0.3) is 0 Å². The van der Waals surface area contributed by atoms with Gasteiger partial charge >= 0.3 is 0 Å². The first-order valence-electron chi connectivity index (χ1n) is 7.38. The van der Waals surface area contributed by atoms with Crippen LogP contribution in [-0.4, -0.2) is 35.1 Å². The van der Waals surface area contributed by atoms with Crippen LogP contribution < -0.4 is 0 Å². The molecule has 1 aromatic rings. The van der Waals surface area contributed by atoms with Gasteiger partial charge in [0.2, 0.25) is 5.91 Å². The number of carbonyl (C=O) groups excluding carboxylic acids is 1. The van der Waals surface area contributed by atoms with Crippen LogP contribution >= 0.6 is 0 Å². The van der Waals surface area contributed by atoms with Crippen molar-refractivity contribution in [3.8, 4) is 0 Å². The van der Waals surface area contributed by atoms with Crippen LogP contribution in [0.5, 0.6) is 0 Å². The van der Waals surface area contributed by atoms with Crippen LogP contribution in [0.15, 0.2) is 30.3 Å². The number of likely N-dealkylation sites (tertiary alicyclic amines) is 1. The summed E-state index contributed by atoms with van der Waals surface area (Å²) in [6.45, 7) is 4.88. The van der Waals surface area contributed by atoms with Crippen molar-refractivity contribution in [1.82, 2.24) is 4.90 Å². The van der Waals surface area contributed by atoms with Gasteiger partial charge in [0.1, 0.15) is 5.82 Å². The maximum atomic E-state index is 13.2. The predicted octanol–water partition coefficient (Wildman–Crippen LogP) is 2.85. The molecule has 0 aromatic heterocycles. The predicted molar refractivity (Wildman–Crippen MR) is 81.0 cm³/mol. The Morgan fingerprint density at radius 1 is 1.52 bits per heavy atom. The lowest BCUT2D eigenvalue weighted by Gasteiger charge is -2.33. The maximum Gasteiger partial charge on any atom is 0.246 e. The van der Waals surface area contributed by atoms with Crippen molar-refractivity contribution in [2.24, 2.45) is 5.92 Å². The van der Waals surface area contributed by atoms with Gasteiger partial charge in [-0.1, -0.05) is 12.1 Å². The van der Waals surface area contributed by atoms with Crippen molar-refractivity contribution >= 4 is 11.5 Å².